The van der Waals surface area contributed by atoms with Gasteiger partial charge in [-0.2, -0.15) is 13.2 Å². The molecule has 0 amide bonds. The molecule has 3 nitrogen and oxygen atoms in total. The summed E-state index contributed by atoms with van der Waals surface area (Å²) in [6.07, 6.45) is -3.83. The zero-order valence-corrected chi connectivity index (χ0v) is 10.3. The van der Waals surface area contributed by atoms with Crippen molar-refractivity contribution in [2.75, 3.05) is 0 Å². The fraction of sp³-hybridized carbons (Fsp3) is 0.417. The van der Waals surface area contributed by atoms with Gasteiger partial charge in [-0.15, -0.1) is 0 Å². The minimum Gasteiger partial charge on any atom is -0.507 e. The van der Waals surface area contributed by atoms with E-state index in [9.17, 15) is 28.2 Å². The predicted octanol–water partition coefficient (Wildman–Crippen LogP) is 3.57. The molecule has 1 saturated carbocycles. The van der Waals surface area contributed by atoms with Crippen LogP contribution in [0.3, 0.4) is 0 Å². The monoisotopic (exact) mass is 294 g/mol. The molecule has 1 aliphatic carbocycles. The molecule has 2 N–H and O–H groups in total. The van der Waals surface area contributed by atoms with Crippen molar-refractivity contribution in [2.45, 2.75) is 30.9 Å². The summed E-state index contributed by atoms with van der Waals surface area (Å²) in [5.74, 6) is -2.29. The topological polar surface area (TPSA) is 57.5 Å². The SMILES string of the molecule is O=C(O)C1(c2cc(Cl)cc(C(F)(F)F)c2O)CCC1. The second kappa shape index (κ2) is 4.30. The maximum Gasteiger partial charge on any atom is 0.420 e. The Labute approximate surface area is 111 Å². The maximum atomic E-state index is 12.8. The summed E-state index contributed by atoms with van der Waals surface area (Å²) in [5, 5.41) is 18.7. The normalized spacial score (nSPS) is 17.9. The van der Waals surface area contributed by atoms with E-state index in [-0.39, 0.29) is 23.4 Å². The quantitative estimate of drug-likeness (QED) is 0.876. The van der Waals surface area contributed by atoms with Crippen LogP contribution in [-0.2, 0) is 16.4 Å². The predicted molar refractivity (Wildman–Crippen MR) is 61.3 cm³/mol. The van der Waals surface area contributed by atoms with Gasteiger partial charge in [0.2, 0.25) is 0 Å². The van der Waals surface area contributed by atoms with Gasteiger partial charge in [-0.05, 0) is 25.0 Å². The molecule has 7 heteroatoms. The number of phenolic OH excluding ortho intramolecular Hbond substituents is 1. The standard InChI is InChI=1S/C12H10ClF3O3/c13-6-4-7(11(10(18)19)2-1-3-11)9(17)8(5-6)12(14,15)16/h4-5,17H,1-3H2,(H,18,19). The van der Waals surface area contributed by atoms with E-state index in [0.29, 0.717) is 12.5 Å². The maximum absolute atomic E-state index is 12.8. The molecule has 0 aliphatic heterocycles. The van der Waals surface area contributed by atoms with Gasteiger partial charge in [-0.1, -0.05) is 18.0 Å². The number of carboxylic acid groups (broad SMARTS) is 1. The van der Waals surface area contributed by atoms with Crippen LogP contribution < -0.4 is 0 Å². The number of phenols is 1. The van der Waals surface area contributed by atoms with E-state index in [1.54, 1.807) is 0 Å². The molecule has 0 saturated heterocycles. The van der Waals surface area contributed by atoms with Gasteiger partial charge >= 0.3 is 12.1 Å². The molecule has 1 aliphatic rings. The van der Waals surface area contributed by atoms with Gasteiger partial charge < -0.3 is 10.2 Å². The van der Waals surface area contributed by atoms with Gasteiger partial charge in [-0.25, -0.2) is 0 Å². The Bertz CT molecular complexity index is 536. The van der Waals surface area contributed by atoms with Crippen molar-refractivity contribution >= 4 is 17.6 Å². The third-order valence-electron chi connectivity index (χ3n) is 3.51. The van der Waals surface area contributed by atoms with Gasteiger partial charge in [0.25, 0.3) is 0 Å². The number of alkyl halides is 3. The first kappa shape index (κ1) is 14.0. The summed E-state index contributed by atoms with van der Waals surface area (Å²) in [6.45, 7) is 0. The smallest absolute Gasteiger partial charge is 0.420 e. The number of carboxylic acids is 1. The second-order valence-corrected chi connectivity index (χ2v) is 5.02. The minimum atomic E-state index is -4.78. The Morgan fingerprint density at radius 3 is 2.26 bits per heavy atom. The first-order chi connectivity index (χ1) is 8.68. The van der Waals surface area contributed by atoms with Crippen LogP contribution in [0.25, 0.3) is 0 Å². The lowest BCUT2D eigenvalue weighted by atomic mass is 9.64. The fourth-order valence-electron chi connectivity index (χ4n) is 2.31. The Balaban J connectivity index is 2.65. The zero-order chi connectivity index (χ0) is 14.4. The summed E-state index contributed by atoms with van der Waals surface area (Å²) in [4.78, 5) is 11.3. The number of hydrogen-bond donors (Lipinski definition) is 2. The highest BCUT2D eigenvalue weighted by atomic mass is 35.5. The van der Waals surface area contributed by atoms with Crippen LogP contribution in [-0.4, -0.2) is 16.2 Å². The molecule has 0 atom stereocenters. The molecule has 1 aromatic rings. The first-order valence-corrected chi connectivity index (χ1v) is 5.90. The summed E-state index contributed by atoms with van der Waals surface area (Å²) in [6, 6.07) is 1.69. The lowest BCUT2D eigenvalue weighted by Gasteiger charge is -2.38. The highest BCUT2D eigenvalue weighted by Gasteiger charge is 2.49. The molecule has 0 spiro atoms. The lowest BCUT2D eigenvalue weighted by Crippen LogP contribution is -2.42. The number of aliphatic carboxylic acids is 1. The van der Waals surface area contributed by atoms with Crippen LogP contribution in [0.4, 0.5) is 13.2 Å². The number of benzene rings is 1. The average Bonchev–Trinajstić information content (AvgIpc) is 2.18. The van der Waals surface area contributed by atoms with E-state index in [1.807, 2.05) is 0 Å². The molecule has 104 valence electrons. The number of aromatic hydroxyl groups is 1. The van der Waals surface area contributed by atoms with Crippen LogP contribution >= 0.6 is 11.6 Å². The third-order valence-corrected chi connectivity index (χ3v) is 3.73. The molecule has 0 aromatic heterocycles. The molecular weight excluding hydrogens is 285 g/mol. The molecular formula is C12H10ClF3O3. The molecule has 1 fully saturated rings. The van der Waals surface area contributed by atoms with Crippen LogP contribution in [0.5, 0.6) is 5.75 Å². The van der Waals surface area contributed by atoms with E-state index in [2.05, 4.69) is 0 Å². The van der Waals surface area contributed by atoms with Crippen LogP contribution in [0.1, 0.15) is 30.4 Å². The average molecular weight is 295 g/mol. The molecule has 0 unspecified atom stereocenters. The number of hydrogen-bond acceptors (Lipinski definition) is 2. The van der Waals surface area contributed by atoms with Crippen LogP contribution in [0.15, 0.2) is 12.1 Å². The van der Waals surface area contributed by atoms with Crippen molar-refractivity contribution in [3.63, 3.8) is 0 Å². The molecule has 19 heavy (non-hydrogen) atoms. The Morgan fingerprint density at radius 2 is 1.89 bits per heavy atom. The summed E-state index contributed by atoms with van der Waals surface area (Å²) in [7, 11) is 0. The van der Waals surface area contributed by atoms with Gasteiger partial charge in [0.1, 0.15) is 5.75 Å². The van der Waals surface area contributed by atoms with Gasteiger partial charge in [-0.3, -0.25) is 4.79 Å². The molecule has 0 radical (unpaired) electrons. The minimum absolute atomic E-state index is 0.188. The van der Waals surface area contributed by atoms with Crippen LogP contribution in [0.2, 0.25) is 5.02 Å². The van der Waals surface area contributed by atoms with Crippen molar-refractivity contribution in [1.29, 1.82) is 0 Å². The highest BCUT2D eigenvalue weighted by molar-refractivity contribution is 6.30. The lowest BCUT2D eigenvalue weighted by molar-refractivity contribution is -0.148. The Morgan fingerprint density at radius 1 is 1.32 bits per heavy atom. The second-order valence-electron chi connectivity index (χ2n) is 4.59. The molecule has 1 aromatic carbocycles. The van der Waals surface area contributed by atoms with Crippen molar-refractivity contribution in [3.8, 4) is 5.75 Å². The Hall–Kier alpha value is -1.43. The summed E-state index contributed by atoms with van der Waals surface area (Å²) >= 11 is 5.62. The van der Waals surface area contributed by atoms with Gasteiger partial charge in [0.15, 0.2) is 0 Å². The third kappa shape index (κ3) is 2.14. The zero-order valence-electron chi connectivity index (χ0n) is 9.59. The van der Waals surface area contributed by atoms with E-state index >= 15 is 0 Å². The van der Waals surface area contributed by atoms with E-state index in [0.717, 1.165) is 6.07 Å². The fourth-order valence-corrected chi connectivity index (χ4v) is 2.53. The van der Waals surface area contributed by atoms with Gasteiger partial charge in [0.05, 0.1) is 11.0 Å². The van der Waals surface area contributed by atoms with Crippen molar-refractivity contribution in [3.05, 3.63) is 28.3 Å². The van der Waals surface area contributed by atoms with E-state index in [1.165, 1.54) is 0 Å². The highest BCUT2D eigenvalue weighted by Crippen LogP contribution is 2.51. The first-order valence-electron chi connectivity index (χ1n) is 5.52. The molecule has 2 rings (SSSR count). The van der Waals surface area contributed by atoms with Crippen molar-refractivity contribution in [2.24, 2.45) is 0 Å². The van der Waals surface area contributed by atoms with Gasteiger partial charge in [0, 0.05) is 10.6 Å². The van der Waals surface area contributed by atoms with Crippen molar-refractivity contribution in [1.82, 2.24) is 0 Å². The summed E-state index contributed by atoms with van der Waals surface area (Å²) in [5.41, 5.74) is -3.02. The van der Waals surface area contributed by atoms with Crippen molar-refractivity contribution < 1.29 is 28.2 Å². The largest absolute Gasteiger partial charge is 0.507 e. The Kier molecular flexibility index (Phi) is 3.16. The number of rotatable bonds is 2. The molecule has 0 bridgehead atoms. The molecule has 0 heterocycles. The number of halogens is 4. The van der Waals surface area contributed by atoms with Crippen LogP contribution in [0, 0.1) is 0 Å². The summed E-state index contributed by atoms with van der Waals surface area (Å²) < 4.78 is 38.3. The van der Waals surface area contributed by atoms with E-state index in [4.69, 9.17) is 11.6 Å². The number of carbonyl (C=O) groups is 1. The van der Waals surface area contributed by atoms with E-state index < -0.39 is 28.9 Å².